The minimum absolute atomic E-state index is 0.0902. The van der Waals surface area contributed by atoms with Gasteiger partial charge in [0.1, 0.15) is 17.8 Å². The Bertz CT molecular complexity index is 1410. The fourth-order valence-electron chi connectivity index (χ4n) is 4.35. The number of hydrogen-bond acceptors (Lipinski definition) is 6. The zero-order chi connectivity index (χ0) is 24.7. The first-order chi connectivity index (χ1) is 16.8. The number of aromatic nitrogens is 4. The van der Waals surface area contributed by atoms with E-state index in [2.05, 4.69) is 16.5 Å². The first-order valence-electron chi connectivity index (χ1n) is 10.9. The van der Waals surface area contributed by atoms with Crippen molar-refractivity contribution in [1.29, 1.82) is 0 Å². The van der Waals surface area contributed by atoms with E-state index in [4.69, 9.17) is 10.8 Å². The lowest BCUT2D eigenvalue weighted by atomic mass is 10.1. The number of carbonyl (C=O) groups is 1. The maximum absolute atomic E-state index is 12.9. The van der Waals surface area contributed by atoms with Gasteiger partial charge in [-0.3, -0.25) is 4.79 Å². The van der Waals surface area contributed by atoms with E-state index in [-0.39, 0.29) is 17.8 Å². The van der Waals surface area contributed by atoms with Crippen LogP contribution in [0.5, 0.6) is 0 Å². The zero-order valence-corrected chi connectivity index (χ0v) is 19.3. The largest absolute Gasteiger partial charge is 0.416 e. The number of nitrogens with two attached hydrogens (primary N) is 1. The number of alkyl halides is 3. The predicted octanol–water partition coefficient (Wildman–Crippen LogP) is 5.17. The van der Waals surface area contributed by atoms with Gasteiger partial charge in [0.2, 0.25) is 5.91 Å². The van der Waals surface area contributed by atoms with Crippen molar-refractivity contribution in [2.24, 2.45) is 0 Å². The summed E-state index contributed by atoms with van der Waals surface area (Å²) in [5.41, 5.74) is 7.39. The highest BCUT2D eigenvalue weighted by atomic mass is 32.1. The van der Waals surface area contributed by atoms with Crippen molar-refractivity contribution < 1.29 is 18.0 Å². The number of halogens is 3. The Labute approximate surface area is 202 Å². The minimum Gasteiger partial charge on any atom is -0.383 e. The van der Waals surface area contributed by atoms with E-state index in [9.17, 15) is 18.0 Å². The van der Waals surface area contributed by atoms with Crippen LogP contribution in [0, 0.1) is 0 Å². The van der Waals surface area contributed by atoms with Crippen molar-refractivity contribution in [2.45, 2.75) is 25.1 Å². The topological polar surface area (TPSA) is 89.9 Å². The van der Waals surface area contributed by atoms with E-state index < -0.39 is 11.7 Å². The number of nitrogens with zero attached hydrogens (tertiary/aromatic N) is 5. The van der Waals surface area contributed by atoms with E-state index in [1.807, 2.05) is 16.8 Å². The van der Waals surface area contributed by atoms with Crippen molar-refractivity contribution >= 4 is 34.1 Å². The molecule has 1 saturated heterocycles. The summed E-state index contributed by atoms with van der Waals surface area (Å²) in [6.07, 6.45) is -0.0466. The van der Waals surface area contributed by atoms with E-state index in [0.717, 1.165) is 34.7 Å². The molecule has 3 aromatic heterocycles. The summed E-state index contributed by atoms with van der Waals surface area (Å²) in [6, 6.07) is 8.68. The number of piperidine rings is 1. The van der Waals surface area contributed by atoms with Crippen molar-refractivity contribution in [2.75, 3.05) is 18.8 Å². The zero-order valence-electron chi connectivity index (χ0n) is 18.5. The maximum Gasteiger partial charge on any atom is 0.416 e. The Morgan fingerprint density at radius 2 is 1.89 bits per heavy atom. The molecule has 5 rings (SSSR count). The minimum atomic E-state index is -4.38. The third-order valence-electron chi connectivity index (χ3n) is 6.08. The van der Waals surface area contributed by atoms with Gasteiger partial charge >= 0.3 is 6.18 Å². The molecule has 0 radical (unpaired) electrons. The number of benzene rings is 1. The van der Waals surface area contributed by atoms with Crippen LogP contribution in [-0.2, 0) is 11.0 Å². The normalized spacial score (nSPS) is 16.5. The molecule has 1 aliphatic rings. The number of rotatable bonds is 4. The van der Waals surface area contributed by atoms with Crippen molar-refractivity contribution in [1.82, 2.24) is 24.6 Å². The van der Waals surface area contributed by atoms with Crippen LogP contribution >= 0.6 is 11.3 Å². The fourth-order valence-corrected chi connectivity index (χ4v) is 5.35. The molecular formula is C24H21F3N6OS. The number of nitrogen functional groups attached to an aromatic ring is 1. The molecule has 0 bridgehead atoms. The third kappa shape index (κ3) is 4.27. The van der Waals surface area contributed by atoms with Gasteiger partial charge in [-0.1, -0.05) is 18.7 Å². The van der Waals surface area contributed by atoms with Gasteiger partial charge in [0, 0.05) is 18.0 Å². The van der Waals surface area contributed by atoms with Gasteiger partial charge in [0.05, 0.1) is 21.9 Å². The summed E-state index contributed by atoms with van der Waals surface area (Å²) in [6.45, 7) is 4.71. The van der Waals surface area contributed by atoms with Crippen molar-refractivity contribution in [3.63, 3.8) is 0 Å². The number of anilines is 1. The molecule has 180 valence electrons. The van der Waals surface area contributed by atoms with Crippen LogP contribution in [0.3, 0.4) is 0 Å². The molecule has 1 atom stereocenters. The van der Waals surface area contributed by atoms with Crippen LogP contribution in [0.15, 0.2) is 55.4 Å². The molecule has 0 spiro atoms. The molecule has 0 unspecified atom stereocenters. The summed E-state index contributed by atoms with van der Waals surface area (Å²) in [5.74, 6) is 0.163. The lowest BCUT2D eigenvalue weighted by Gasteiger charge is -2.32. The molecule has 0 saturated carbocycles. The Morgan fingerprint density at radius 1 is 1.14 bits per heavy atom. The van der Waals surface area contributed by atoms with E-state index in [1.54, 1.807) is 4.90 Å². The highest BCUT2D eigenvalue weighted by molar-refractivity contribution is 7.18. The molecule has 4 heterocycles. The average Bonchev–Trinajstić information content (AvgIpc) is 3.49. The Kier molecular flexibility index (Phi) is 5.79. The molecular weight excluding hydrogens is 477 g/mol. The summed E-state index contributed by atoms with van der Waals surface area (Å²) in [5, 5.41) is 5.46. The summed E-state index contributed by atoms with van der Waals surface area (Å²) < 4.78 is 40.6. The molecule has 2 N–H and O–H groups in total. The second-order valence-corrected chi connectivity index (χ2v) is 9.36. The molecule has 7 nitrogen and oxygen atoms in total. The van der Waals surface area contributed by atoms with Crippen LogP contribution in [-0.4, -0.2) is 43.6 Å². The molecule has 0 aliphatic carbocycles. The Morgan fingerprint density at radius 3 is 2.60 bits per heavy atom. The van der Waals surface area contributed by atoms with E-state index >= 15 is 0 Å². The second-order valence-electron chi connectivity index (χ2n) is 8.27. The van der Waals surface area contributed by atoms with Crippen LogP contribution in [0.4, 0.5) is 19.0 Å². The summed E-state index contributed by atoms with van der Waals surface area (Å²) >= 11 is 1.40. The van der Waals surface area contributed by atoms with Gasteiger partial charge in [0.15, 0.2) is 5.65 Å². The molecule has 4 aromatic rings. The van der Waals surface area contributed by atoms with Crippen LogP contribution in [0.2, 0.25) is 0 Å². The Balaban J connectivity index is 1.53. The first-order valence-corrected chi connectivity index (χ1v) is 11.8. The third-order valence-corrected chi connectivity index (χ3v) is 7.22. The van der Waals surface area contributed by atoms with Gasteiger partial charge in [0.25, 0.3) is 0 Å². The Hall–Kier alpha value is -3.73. The molecule has 1 amide bonds. The lowest BCUT2D eigenvalue weighted by Crippen LogP contribution is -2.40. The van der Waals surface area contributed by atoms with E-state index in [1.165, 1.54) is 35.9 Å². The van der Waals surface area contributed by atoms with Gasteiger partial charge in [-0.25, -0.2) is 14.6 Å². The number of fused-ring (bicyclic) bond motifs is 1. The van der Waals surface area contributed by atoms with Gasteiger partial charge < -0.3 is 10.6 Å². The van der Waals surface area contributed by atoms with E-state index in [0.29, 0.717) is 35.4 Å². The lowest BCUT2D eigenvalue weighted by molar-refractivity contribution is -0.137. The van der Waals surface area contributed by atoms with Crippen molar-refractivity contribution in [3.8, 4) is 21.0 Å². The van der Waals surface area contributed by atoms with Gasteiger partial charge in [-0.2, -0.15) is 18.3 Å². The molecule has 35 heavy (non-hydrogen) atoms. The summed E-state index contributed by atoms with van der Waals surface area (Å²) in [7, 11) is 0. The predicted molar refractivity (Wildman–Crippen MR) is 129 cm³/mol. The number of likely N-dealkylation sites (tertiary alicyclic amines) is 1. The molecule has 1 fully saturated rings. The highest BCUT2D eigenvalue weighted by Crippen LogP contribution is 2.40. The number of hydrogen-bond donors (Lipinski definition) is 1. The standard InChI is InChI=1S/C24H21F3N6OS/c1-2-19(34)32-11-3-4-16(12-32)33-23-20(22(28)29-13-30-23)21(31-33)18-10-9-17(35-18)14-5-7-15(8-6-14)24(25,26)27/h2,5-10,13,16H,1,3-4,11-12H2,(H2,28,29,30)/t16-/m1/s1. The second kappa shape index (κ2) is 8.81. The maximum atomic E-state index is 12.9. The molecule has 1 aromatic carbocycles. The van der Waals surface area contributed by atoms with Crippen LogP contribution in [0.25, 0.3) is 32.0 Å². The van der Waals surface area contributed by atoms with Crippen molar-refractivity contribution in [3.05, 3.63) is 60.9 Å². The fraction of sp³-hybridized carbons (Fsp3) is 0.250. The SMILES string of the molecule is C=CC(=O)N1CCC[C@@H](n2nc(-c3ccc(-c4ccc(C(F)(F)F)cc4)s3)c3c(N)ncnc32)C1. The smallest absolute Gasteiger partial charge is 0.383 e. The van der Waals surface area contributed by atoms with Crippen LogP contribution in [0.1, 0.15) is 24.4 Å². The van der Waals surface area contributed by atoms with Gasteiger partial charge in [-0.05, 0) is 48.7 Å². The van der Waals surface area contributed by atoms with Crippen LogP contribution < -0.4 is 5.73 Å². The highest BCUT2D eigenvalue weighted by Gasteiger charge is 2.30. The van der Waals surface area contributed by atoms with Gasteiger partial charge in [-0.15, -0.1) is 11.3 Å². The quantitative estimate of drug-likeness (QED) is 0.392. The average molecular weight is 499 g/mol. The molecule has 11 heteroatoms. The number of amides is 1. The number of thiophene rings is 1. The molecule has 1 aliphatic heterocycles. The summed E-state index contributed by atoms with van der Waals surface area (Å²) in [4.78, 5) is 24.1. The first kappa shape index (κ1) is 23.0. The number of carbonyl (C=O) groups excluding carboxylic acids is 1. The monoisotopic (exact) mass is 498 g/mol.